The van der Waals surface area contributed by atoms with Crippen molar-refractivity contribution in [3.63, 3.8) is 0 Å². The molecule has 2 aliphatic carbocycles. The van der Waals surface area contributed by atoms with E-state index in [1.54, 1.807) is 6.07 Å². The van der Waals surface area contributed by atoms with Gasteiger partial charge in [-0.2, -0.15) is 0 Å². The van der Waals surface area contributed by atoms with Crippen molar-refractivity contribution in [1.29, 1.82) is 0 Å². The second kappa shape index (κ2) is 9.48. The molecule has 3 atom stereocenters. The van der Waals surface area contributed by atoms with Crippen LogP contribution in [0.3, 0.4) is 0 Å². The summed E-state index contributed by atoms with van der Waals surface area (Å²) in [4.78, 5) is 32.1. The van der Waals surface area contributed by atoms with Gasteiger partial charge >= 0.3 is 0 Å². The molecule has 0 N–H and O–H groups in total. The number of aromatic nitrogens is 1. The molecular weight excluding hydrogens is 565 g/mol. The summed E-state index contributed by atoms with van der Waals surface area (Å²) in [5, 5.41) is -0.439. The summed E-state index contributed by atoms with van der Waals surface area (Å²) in [6.07, 6.45) is 4.08. The summed E-state index contributed by atoms with van der Waals surface area (Å²) < 4.78 is 36.2. The third-order valence-corrected chi connectivity index (χ3v) is 7.33. The van der Waals surface area contributed by atoms with Gasteiger partial charge in [0.2, 0.25) is 0 Å². The lowest BCUT2D eigenvalue weighted by Crippen LogP contribution is -2.39. The average molecular weight is 582 g/mol. The van der Waals surface area contributed by atoms with Gasteiger partial charge in [-0.1, -0.05) is 35.3 Å². The number of fused-ring (bicyclic) bond motifs is 1. The zero-order valence-corrected chi connectivity index (χ0v) is 21.1. The van der Waals surface area contributed by atoms with Crippen LogP contribution in [0.1, 0.15) is 40.0 Å². The topological polar surface area (TPSA) is 59.5 Å². The molecule has 0 saturated heterocycles. The molecule has 2 amide bonds. The van der Waals surface area contributed by atoms with E-state index in [4.69, 9.17) is 27.9 Å². The van der Waals surface area contributed by atoms with E-state index in [-0.39, 0.29) is 27.7 Å². The molecule has 0 unspecified atom stereocenters. The number of benzene rings is 2. The van der Waals surface area contributed by atoms with E-state index in [2.05, 4.69) is 20.9 Å². The van der Waals surface area contributed by atoms with E-state index < -0.39 is 34.6 Å². The zero-order valence-electron chi connectivity index (χ0n) is 18.0. The molecule has 0 spiro atoms. The third kappa shape index (κ3) is 4.67. The fourth-order valence-corrected chi connectivity index (χ4v) is 5.31. The van der Waals surface area contributed by atoms with E-state index in [1.807, 2.05) is 0 Å². The Hall–Kier alpha value is -2.55. The number of ether oxygens (including phenoxy) is 1. The first-order valence-corrected chi connectivity index (χ1v) is 12.4. The highest BCUT2D eigenvalue weighted by molar-refractivity contribution is 9.10. The van der Waals surface area contributed by atoms with Crippen molar-refractivity contribution in [3.8, 4) is 5.75 Å². The van der Waals surface area contributed by atoms with E-state index in [0.29, 0.717) is 21.2 Å². The van der Waals surface area contributed by atoms with Crippen molar-refractivity contribution in [3.05, 3.63) is 85.9 Å². The number of anilines is 1. The number of carbonyl (C=O) groups is 2. The second-order valence-electron chi connectivity index (χ2n) is 8.58. The van der Waals surface area contributed by atoms with Crippen LogP contribution >= 0.6 is 39.1 Å². The number of halogens is 5. The molecule has 2 aromatic carbocycles. The van der Waals surface area contributed by atoms with Crippen LogP contribution in [0.5, 0.6) is 5.75 Å². The Kier molecular flexibility index (Phi) is 6.55. The van der Waals surface area contributed by atoms with Crippen LogP contribution in [-0.4, -0.2) is 22.9 Å². The molecule has 180 valence electrons. The molecular formula is C25H17BrCl2F2N2O3. The Bertz CT molecular complexity index is 1240. The first-order chi connectivity index (χ1) is 16.7. The number of imide groups is 1. The van der Waals surface area contributed by atoms with Gasteiger partial charge in [0, 0.05) is 10.7 Å². The van der Waals surface area contributed by atoms with E-state index in [0.717, 1.165) is 25.0 Å². The Morgan fingerprint density at radius 1 is 0.943 bits per heavy atom. The summed E-state index contributed by atoms with van der Waals surface area (Å²) >= 11 is 15.6. The van der Waals surface area contributed by atoms with Crippen LogP contribution in [0.25, 0.3) is 0 Å². The lowest BCUT2D eigenvalue weighted by atomic mass is 10.1. The van der Waals surface area contributed by atoms with Crippen LogP contribution in [0.15, 0.2) is 53.1 Å². The predicted octanol–water partition coefficient (Wildman–Crippen LogP) is 7.09. The second-order valence-corrected chi connectivity index (χ2v) is 10.3. The summed E-state index contributed by atoms with van der Waals surface area (Å²) in [6, 6.07) is 8.91. The average Bonchev–Trinajstić information content (AvgIpc) is 3.40. The van der Waals surface area contributed by atoms with Crippen molar-refractivity contribution in [2.45, 2.75) is 25.4 Å². The number of hydrogen-bond donors (Lipinski definition) is 0. The van der Waals surface area contributed by atoms with Crippen molar-refractivity contribution in [2.24, 2.45) is 11.8 Å². The van der Waals surface area contributed by atoms with Gasteiger partial charge in [-0.25, -0.2) is 18.7 Å². The maximum atomic E-state index is 14.7. The Morgan fingerprint density at radius 3 is 2.00 bits per heavy atom. The monoisotopic (exact) mass is 580 g/mol. The van der Waals surface area contributed by atoms with Gasteiger partial charge in [0.05, 0.1) is 27.3 Å². The SMILES string of the molecule is O=C(c1c(F)cccc1Cl)N(C(=O)c1c(F)cccc1Cl)c1ncc(Br)cc1O[C@@H]1C[C@@H]2C[C@@H]2C1. The largest absolute Gasteiger partial charge is 0.486 e. The Labute approximate surface area is 218 Å². The van der Waals surface area contributed by atoms with Gasteiger partial charge in [-0.05, 0) is 77.4 Å². The van der Waals surface area contributed by atoms with Gasteiger partial charge in [-0.15, -0.1) is 0 Å². The van der Waals surface area contributed by atoms with Gasteiger partial charge in [0.25, 0.3) is 11.8 Å². The molecule has 35 heavy (non-hydrogen) atoms. The Morgan fingerprint density at radius 2 is 1.49 bits per heavy atom. The number of rotatable bonds is 5. The lowest BCUT2D eigenvalue weighted by Gasteiger charge is -2.25. The summed E-state index contributed by atoms with van der Waals surface area (Å²) in [7, 11) is 0. The number of carbonyl (C=O) groups excluding carboxylic acids is 2. The lowest BCUT2D eigenvalue weighted by molar-refractivity contribution is 0.0889. The zero-order chi connectivity index (χ0) is 24.9. The van der Waals surface area contributed by atoms with Crippen LogP contribution in [0.4, 0.5) is 14.6 Å². The maximum absolute atomic E-state index is 14.7. The van der Waals surface area contributed by atoms with Gasteiger partial charge < -0.3 is 4.74 Å². The number of amides is 2. The number of nitrogens with zero attached hydrogens (tertiary/aromatic N) is 2. The minimum Gasteiger partial charge on any atom is -0.486 e. The molecule has 3 aromatic rings. The molecule has 0 bridgehead atoms. The maximum Gasteiger partial charge on any atom is 0.271 e. The highest BCUT2D eigenvalue weighted by Gasteiger charge is 2.47. The quantitative estimate of drug-likeness (QED) is 0.302. The smallest absolute Gasteiger partial charge is 0.271 e. The molecule has 2 fully saturated rings. The standard InChI is InChI=1S/C25H17BrCl2F2N2O3/c26-14-10-20(35-15-8-12-7-13(12)9-15)23(31-11-14)32(24(33)21-16(27)3-1-5-18(21)29)25(34)22-17(28)4-2-6-19(22)30/h1-6,10-13,15H,7-9H2/t12-,13+,15+. The normalized spacial score (nSPS) is 20.3. The third-order valence-electron chi connectivity index (χ3n) is 6.26. The number of pyridine rings is 1. The first-order valence-electron chi connectivity index (χ1n) is 10.8. The fraction of sp³-hybridized carbons (Fsp3) is 0.240. The molecule has 2 aliphatic rings. The molecule has 1 heterocycles. The van der Waals surface area contributed by atoms with Crippen molar-refractivity contribution >= 4 is 56.8 Å². The minimum absolute atomic E-state index is 0.118. The van der Waals surface area contributed by atoms with Crippen LogP contribution < -0.4 is 9.64 Å². The molecule has 2 saturated carbocycles. The van der Waals surface area contributed by atoms with Gasteiger partial charge in [0.1, 0.15) is 11.6 Å². The van der Waals surface area contributed by atoms with Crippen molar-refractivity contribution in [1.82, 2.24) is 4.98 Å². The minimum atomic E-state index is -1.13. The summed E-state index contributed by atoms with van der Waals surface area (Å²) in [5.41, 5.74) is -1.12. The van der Waals surface area contributed by atoms with Crippen molar-refractivity contribution in [2.75, 3.05) is 4.90 Å². The molecule has 0 radical (unpaired) electrons. The molecule has 10 heteroatoms. The van der Waals surface area contributed by atoms with E-state index in [9.17, 15) is 18.4 Å². The van der Waals surface area contributed by atoms with E-state index in [1.165, 1.54) is 36.9 Å². The predicted molar refractivity (Wildman–Crippen MR) is 131 cm³/mol. The summed E-state index contributed by atoms with van der Waals surface area (Å²) in [6.45, 7) is 0. The molecule has 5 rings (SSSR count). The molecule has 1 aromatic heterocycles. The highest BCUT2D eigenvalue weighted by atomic mass is 79.9. The fourth-order valence-electron chi connectivity index (χ4n) is 4.52. The molecule has 0 aliphatic heterocycles. The van der Waals surface area contributed by atoms with E-state index >= 15 is 0 Å². The first kappa shape index (κ1) is 24.2. The van der Waals surface area contributed by atoms with Crippen LogP contribution in [-0.2, 0) is 0 Å². The number of hydrogen-bond acceptors (Lipinski definition) is 4. The molecule has 5 nitrogen and oxygen atoms in total. The highest BCUT2D eigenvalue weighted by Crippen LogP contribution is 2.53. The van der Waals surface area contributed by atoms with Gasteiger partial charge in [0.15, 0.2) is 11.6 Å². The Balaban J connectivity index is 1.64. The summed E-state index contributed by atoms with van der Waals surface area (Å²) in [5.74, 6) is -3.05. The van der Waals surface area contributed by atoms with Crippen LogP contribution in [0.2, 0.25) is 10.0 Å². The van der Waals surface area contributed by atoms with Gasteiger partial charge in [-0.3, -0.25) is 9.59 Å². The van der Waals surface area contributed by atoms with Crippen LogP contribution in [0, 0.1) is 23.5 Å². The van der Waals surface area contributed by atoms with Crippen molar-refractivity contribution < 1.29 is 23.1 Å².